The number of rotatable bonds is 4. The Labute approximate surface area is 153 Å². The fourth-order valence-corrected chi connectivity index (χ4v) is 3.21. The highest BCUT2D eigenvalue weighted by Gasteiger charge is 2.21. The van der Waals surface area contributed by atoms with Crippen molar-refractivity contribution in [3.63, 3.8) is 0 Å². The second-order valence-corrected chi connectivity index (χ2v) is 6.05. The Hall–Kier alpha value is -3.16. The molecule has 0 N–H and O–H groups in total. The Balaban J connectivity index is 1.91. The summed E-state index contributed by atoms with van der Waals surface area (Å²) in [6.07, 6.45) is 7.48. The molecule has 0 fully saturated rings. The van der Waals surface area contributed by atoms with E-state index in [1.165, 1.54) is 0 Å². The van der Waals surface area contributed by atoms with Crippen LogP contribution < -0.4 is 0 Å². The van der Waals surface area contributed by atoms with E-state index in [1.54, 1.807) is 0 Å². The summed E-state index contributed by atoms with van der Waals surface area (Å²) in [5.74, 6) is 2.73. The number of imidazole rings is 1. The number of hydrogen-bond acceptors (Lipinski definition) is 3. The fraction of sp³-hybridized carbons (Fsp3) is 0.182. The SMILES string of the molecule is C#Cc1ccc2c(c1)C(c1ccccc1)=NCc1c(COCC)ncn1-2. The minimum Gasteiger partial charge on any atom is -0.375 e. The maximum Gasteiger partial charge on any atom is 0.0999 e. The molecule has 0 bridgehead atoms. The third kappa shape index (κ3) is 2.83. The monoisotopic (exact) mass is 341 g/mol. The van der Waals surface area contributed by atoms with Gasteiger partial charge in [-0.2, -0.15) is 0 Å². The zero-order valence-corrected chi connectivity index (χ0v) is 14.6. The number of ether oxygens (including phenoxy) is 1. The molecule has 0 unspecified atom stereocenters. The third-order valence-electron chi connectivity index (χ3n) is 4.51. The van der Waals surface area contributed by atoms with E-state index < -0.39 is 0 Å². The van der Waals surface area contributed by atoms with Crippen molar-refractivity contribution in [1.29, 1.82) is 0 Å². The second kappa shape index (κ2) is 6.99. The van der Waals surface area contributed by atoms with Crippen LogP contribution in [0.15, 0.2) is 59.9 Å². The van der Waals surface area contributed by atoms with Gasteiger partial charge in [0.1, 0.15) is 0 Å². The zero-order valence-electron chi connectivity index (χ0n) is 14.6. The van der Waals surface area contributed by atoms with E-state index in [1.807, 2.05) is 49.6 Å². The van der Waals surface area contributed by atoms with E-state index in [0.717, 1.165) is 39.5 Å². The van der Waals surface area contributed by atoms with Crippen molar-refractivity contribution in [3.8, 4) is 18.0 Å². The van der Waals surface area contributed by atoms with Gasteiger partial charge in [-0.25, -0.2) is 4.98 Å². The van der Waals surface area contributed by atoms with Crippen LogP contribution in [0.25, 0.3) is 5.69 Å². The summed E-state index contributed by atoms with van der Waals surface area (Å²) < 4.78 is 7.67. The smallest absolute Gasteiger partial charge is 0.0999 e. The Kier molecular flexibility index (Phi) is 4.39. The minimum atomic E-state index is 0.493. The number of hydrogen-bond donors (Lipinski definition) is 0. The van der Waals surface area contributed by atoms with Crippen LogP contribution in [0.3, 0.4) is 0 Å². The molecular formula is C22H19N3O. The van der Waals surface area contributed by atoms with Gasteiger partial charge in [-0.05, 0) is 25.1 Å². The number of benzene rings is 2. The molecule has 128 valence electrons. The number of aromatic nitrogens is 2. The normalized spacial score (nSPS) is 12.5. The van der Waals surface area contributed by atoms with Gasteiger partial charge in [0.25, 0.3) is 0 Å². The molecule has 4 nitrogen and oxygen atoms in total. The van der Waals surface area contributed by atoms with Crippen molar-refractivity contribution in [1.82, 2.24) is 9.55 Å². The fourth-order valence-electron chi connectivity index (χ4n) is 3.21. The Morgan fingerprint density at radius 1 is 1.19 bits per heavy atom. The molecule has 1 aliphatic rings. The highest BCUT2D eigenvalue weighted by molar-refractivity contribution is 6.15. The van der Waals surface area contributed by atoms with Crippen LogP contribution in [0.4, 0.5) is 0 Å². The van der Waals surface area contributed by atoms with Gasteiger partial charge in [-0.3, -0.25) is 4.99 Å². The Morgan fingerprint density at radius 3 is 2.81 bits per heavy atom. The molecule has 0 atom stereocenters. The van der Waals surface area contributed by atoms with Crippen LogP contribution in [0.1, 0.15) is 35.0 Å². The number of nitrogens with zero attached hydrogens (tertiary/aromatic N) is 3. The van der Waals surface area contributed by atoms with E-state index in [-0.39, 0.29) is 0 Å². The van der Waals surface area contributed by atoms with Crippen LogP contribution >= 0.6 is 0 Å². The lowest BCUT2D eigenvalue weighted by Crippen LogP contribution is -2.07. The van der Waals surface area contributed by atoms with Gasteiger partial charge in [0, 0.05) is 23.3 Å². The lowest BCUT2D eigenvalue weighted by Gasteiger charge is -2.12. The van der Waals surface area contributed by atoms with Gasteiger partial charge in [0.15, 0.2) is 0 Å². The summed E-state index contributed by atoms with van der Waals surface area (Å²) in [5.41, 5.74) is 6.90. The van der Waals surface area contributed by atoms with Crippen LogP contribution in [-0.2, 0) is 17.9 Å². The van der Waals surface area contributed by atoms with Gasteiger partial charge in [-0.15, -0.1) is 6.42 Å². The Bertz CT molecular complexity index is 1010. The summed E-state index contributed by atoms with van der Waals surface area (Å²) >= 11 is 0. The summed E-state index contributed by atoms with van der Waals surface area (Å²) in [6, 6.07) is 16.2. The van der Waals surface area contributed by atoms with E-state index in [0.29, 0.717) is 19.8 Å². The van der Waals surface area contributed by atoms with Gasteiger partial charge in [0.2, 0.25) is 0 Å². The molecule has 1 aromatic heterocycles. The summed E-state index contributed by atoms with van der Waals surface area (Å²) in [6.45, 7) is 3.68. The molecule has 0 aliphatic carbocycles. The molecule has 3 aromatic rings. The zero-order chi connectivity index (χ0) is 17.9. The van der Waals surface area contributed by atoms with Crippen molar-refractivity contribution in [2.75, 3.05) is 6.61 Å². The van der Waals surface area contributed by atoms with Gasteiger partial charge < -0.3 is 9.30 Å². The lowest BCUT2D eigenvalue weighted by molar-refractivity contribution is 0.131. The first kappa shape index (κ1) is 16.3. The predicted octanol–water partition coefficient (Wildman–Crippen LogP) is 3.74. The standard InChI is InChI=1S/C22H19N3O/c1-3-16-10-11-20-18(12-16)22(17-8-6-5-7-9-17)23-13-21-19(14-26-4-2)24-15-25(20)21/h1,5-12,15H,4,13-14H2,2H3. The number of aliphatic imine (C=N–C) groups is 1. The molecule has 0 spiro atoms. The van der Waals surface area contributed by atoms with Crippen LogP contribution in [0.2, 0.25) is 0 Å². The largest absolute Gasteiger partial charge is 0.375 e. The van der Waals surface area contributed by atoms with Gasteiger partial charge in [-0.1, -0.05) is 36.3 Å². The average Bonchev–Trinajstić information content (AvgIpc) is 3.02. The lowest BCUT2D eigenvalue weighted by atomic mass is 9.98. The summed E-state index contributed by atoms with van der Waals surface area (Å²) in [5, 5.41) is 0. The maximum absolute atomic E-state index is 5.63. The molecule has 0 saturated carbocycles. The van der Waals surface area contributed by atoms with Crippen LogP contribution in [0.5, 0.6) is 0 Å². The molecule has 4 rings (SSSR count). The summed E-state index contributed by atoms with van der Waals surface area (Å²) in [7, 11) is 0. The molecule has 26 heavy (non-hydrogen) atoms. The molecule has 2 aromatic carbocycles. The highest BCUT2D eigenvalue weighted by atomic mass is 16.5. The maximum atomic E-state index is 5.63. The second-order valence-electron chi connectivity index (χ2n) is 6.05. The first-order valence-corrected chi connectivity index (χ1v) is 8.66. The van der Waals surface area contributed by atoms with Gasteiger partial charge in [0.05, 0.1) is 42.3 Å². The predicted molar refractivity (Wildman–Crippen MR) is 103 cm³/mol. The van der Waals surface area contributed by atoms with Crippen molar-refractivity contribution in [3.05, 3.63) is 82.9 Å². The molecule has 2 heterocycles. The minimum absolute atomic E-state index is 0.493. The molecular weight excluding hydrogens is 322 g/mol. The Morgan fingerprint density at radius 2 is 2.04 bits per heavy atom. The van der Waals surface area contributed by atoms with Crippen molar-refractivity contribution in [2.45, 2.75) is 20.1 Å². The molecule has 0 saturated heterocycles. The van der Waals surface area contributed by atoms with Crippen molar-refractivity contribution in [2.24, 2.45) is 4.99 Å². The van der Waals surface area contributed by atoms with Gasteiger partial charge >= 0.3 is 0 Å². The van der Waals surface area contributed by atoms with E-state index in [4.69, 9.17) is 16.2 Å². The first-order valence-electron chi connectivity index (χ1n) is 8.66. The average molecular weight is 341 g/mol. The number of terminal acetylenes is 1. The van der Waals surface area contributed by atoms with Crippen LogP contribution in [0, 0.1) is 12.3 Å². The van der Waals surface area contributed by atoms with E-state index in [9.17, 15) is 0 Å². The molecule has 1 aliphatic heterocycles. The topological polar surface area (TPSA) is 39.4 Å². The van der Waals surface area contributed by atoms with E-state index >= 15 is 0 Å². The quantitative estimate of drug-likeness (QED) is 0.678. The third-order valence-corrected chi connectivity index (χ3v) is 4.51. The highest BCUT2D eigenvalue weighted by Crippen LogP contribution is 2.27. The number of fused-ring (bicyclic) bond motifs is 3. The molecule has 0 amide bonds. The summed E-state index contributed by atoms with van der Waals surface area (Å²) in [4.78, 5) is 9.47. The van der Waals surface area contributed by atoms with Crippen LogP contribution in [-0.4, -0.2) is 21.9 Å². The van der Waals surface area contributed by atoms with Crippen molar-refractivity contribution >= 4 is 5.71 Å². The first-order chi connectivity index (χ1) is 12.8. The molecule has 4 heteroatoms. The molecule has 0 radical (unpaired) electrons. The van der Waals surface area contributed by atoms with E-state index in [2.05, 4.69) is 27.6 Å². The van der Waals surface area contributed by atoms with Crippen molar-refractivity contribution < 1.29 is 4.74 Å².